The molecule has 0 aromatic heterocycles. The summed E-state index contributed by atoms with van der Waals surface area (Å²) in [5, 5.41) is 3.17. The first-order chi connectivity index (χ1) is 5.68. The van der Waals surface area contributed by atoms with Crippen LogP contribution in [0.1, 0.15) is 0 Å². The first-order valence-electron chi connectivity index (χ1n) is 3.61. The number of nitrogens with two attached hydrogens (primary N) is 1. The minimum absolute atomic E-state index is 0.726. The summed E-state index contributed by atoms with van der Waals surface area (Å²) < 4.78 is 0.930. The molecule has 0 aliphatic heterocycles. The largest absolute Gasteiger partial charge is 0.399 e. The first kappa shape index (κ1) is 9.13. The Morgan fingerprint density at radius 3 is 2.50 bits per heavy atom. The van der Waals surface area contributed by atoms with Crippen molar-refractivity contribution in [3.63, 3.8) is 0 Å². The van der Waals surface area contributed by atoms with Crippen molar-refractivity contribution in [1.82, 2.24) is 0 Å². The Hall–Kier alpha value is -0.960. The lowest BCUT2D eigenvalue weighted by molar-refractivity contribution is 1.33. The summed E-state index contributed by atoms with van der Waals surface area (Å²) in [6.45, 7) is 4.44. The van der Waals surface area contributed by atoms with E-state index in [1.54, 1.807) is 0 Å². The number of benzene rings is 1. The zero-order valence-corrected chi connectivity index (χ0v) is 8.26. The summed E-state index contributed by atoms with van der Waals surface area (Å²) in [5.74, 6) is 0. The SMILES string of the molecule is C=C(Br)CNc1ccc(N)cc1. The molecular formula is C9H11BrN2. The van der Waals surface area contributed by atoms with E-state index in [0.29, 0.717) is 0 Å². The monoisotopic (exact) mass is 226 g/mol. The molecule has 3 N–H and O–H groups in total. The van der Waals surface area contributed by atoms with Crippen LogP contribution in [-0.2, 0) is 0 Å². The summed E-state index contributed by atoms with van der Waals surface area (Å²) in [7, 11) is 0. The van der Waals surface area contributed by atoms with Gasteiger partial charge < -0.3 is 11.1 Å². The highest BCUT2D eigenvalue weighted by atomic mass is 79.9. The van der Waals surface area contributed by atoms with Crippen molar-refractivity contribution in [2.45, 2.75) is 0 Å². The molecule has 3 heteroatoms. The summed E-state index contributed by atoms with van der Waals surface area (Å²) in [4.78, 5) is 0. The number of nitrogens with one attached hydrogen (secondary N) is 1. The van der Waals surface area contributed by atoms with Gasteiger partial charge in [0.25, 0.3) is 0 Å². The maximum atomic E-state index is 5.53. The van der Waals surface area contributed by atoms with E-state index >= 15 is 0 Å². The zero-order valence-electron chi connectivity index (χ0n) is 6.68. The van der Waals surface area contributed by atoms with Crippen molar-refractivity contribution in [1.29, 1.82) is 0 Å². The summed E-state index contributed by atoms with van der Waals surface area (Å²) in [5.41, 5.74) is 7.35. The predicted octanol–water partition coefficient (Wildman–Crippen LogP) is 2.59. The molecular weight excluding hydrogens is 216 g/mol. The molecule has 0 saturated carbocycles. The van der Waals surface area contributed by atoms with E-state index in [9.17, 15) is 0 Å². The molecule has 1 aromatic rings. The average molecular weight is 227 g/mol. The van der Waals surface area contributed by atoms with Crippen molar-refractivity contribution in [2.75, 3.05) is 17.6 Å². The van der Waals surface area contributed by atoms with Crippen molar-refractivity contribution in [2.24, 2.45) is 0 Å². The normalized spacial score (nSPS) is 9.42. The average Bonchev–Trinajstić information content (AvgIpc) is 2.03. The van der Waals surface area contributed by atoms with Crippen molar-refractivity contribution in [3.05, 3.63) is 35.3 Å². The van der Waals surface area contributed by atoms with Crippen LogP contribution >= 0.6 is 15.9 Å². The van der Waals surface area contributed by atoms with E-state index in [4.69, 9.17) is 5.73 Å². The van der Waals surface area contributed by atoms with Crippen LogP contribution < -0.4 is 11.1 Å². The molecule has 64 valence electrons. The van der Waals surface area contributed by atoms with Crippen LogP contribution in [0, 0.1) is 0 Å². The fourth-order valence-corrected chi connectivity index (χ4v) is 0.939. The zero-order chi connectivity index (χ0) is 8.97. The van der Waals surface area contributed by atoms with Crippen LogP contribution in [-0.4, -0.2) is 6.54 Å². The van der Waals surface area contributed by atoms with Crippen molar-refractivity contribution < 1.29 is 0 Å². The molecule has 0 spiro atoms. The van der Waals surface area contributed by atoms with Gasteiger partial charge in [0.2, 0.25) is 0 Å². The molecule has 0 aliphatic carbocycles. The number of halogens is 1. The standard InChI is InChI=1S/C9H11BrN2/c1-7(10)6-12-9-4-2-8(11)3-5-9/h2-5,12H,1,6,11H2. The quantitative estimate of drug-likeness (QED) is 0.779. The molecule has 0 fully saturated rings. The molecule has 1 aromatic carbocycles. The maximum Gasteiger partial charge on any atom is 0.0460 e. The Labute approximate surface area is 80.6 Å². The van der Waals surface area contributed by atoms with Gasteiger partial charge in [-0.05, 0) is 24.3 Å². The van der Waals surface area contributed by atoms with Gasteiger partial charge in [-0.25, -0.2) is 0 Å². The second kappa shape index (κ2) is 4.16. The molecule has 0 heterocycles. The molecule has 0 radical (unpaired) electrons. The van der Waals surface area contributed by atoms with E-state index in [0.717, 1.165) is 22.4 Å². The molecule has 1 rings (SSSR count). The lowest BCUT2D eigenvalue weighted by atomic mass is 10.3. The minimum Gasteiger partial charge on any atom is -0.399 e. The highest BCUT2D eigenvalue weighted by molar-refractivity contribution is 9.11. The van der Waals surface area contributed by atoms with Crippen molar-refractivity contribution >= 4 is 27.3 Å². The maximum absolute atomic E-state index is 5.53. The Morgan fingerprint density at radius 2 is 2.00 bits per heavy atom. The number of anilines is 2. The molecule has 0 aliphatic rings. The summed E-state index contributed by atoms with van der Waals surface area (Å²) in [6, 6.07) is 7.59. The molecule has 12 heavy (non-hydrogen) atoms. The van der Waals surface area contributed by atoms with Gasteiger partial charge in [0.15, 0.2) is 0 Å². The second-order valence-electron chi connectivity index (χ2n) is 2.49. The highest BCUT2D eigenvalue weighted by Crippen LogP contribution is 2.11. The fraction of sp³-hybridized carbons (Fsp3) is 0.111. The van der Waals surface area contributed by atoms with E-state index in [1.165, 1.54) is 0 Å². The van der Waals surface area contributed by atoms with Crippen LogP contribution in [0.2, 0.25) is 0 Å². The molecule has 0 amide bonds. The van der Waals surface area contributed by atoms with Crippen LogP contribution in [0.3, 0.4) is 0 Å². The third-order valence-electron chi connectivity index (χ3n) is 1.40. The predicted molar refractivity (Wildman–Crippen MR) is 57.4 cm³/mol. The molecule has 0 saturated heterocycles. The number of hydrogen-bond acceptors (Lipinski definition) is 2. The fourth-order valence-electron chi connectivity index (χ4n) is 0.799. The van der Waals surface area contributed by atoms with Crippen LogP contribution in [0.5, 0.6) is 0 Å². The topological polar surface area (TPSA) is 38.0 Å². The molecule has 0 atom stereocenters. The molecule has 2 nitrogen and oxygen atoms in total. The van der Waals surface area contributed by atoms with Gasteiger partial charge in [-0.15, -0.1) is 0 Å². The second-order valence-corrected chi connectivity index (χ2v) is 3.61. The van der Waals surface area contributed by atoms with Gasteiger partial charge in [-0.2, -0.15) is 0 Å². The van der Waals surface area contributed by atoms with Gasteiger partial charge in [-0.3, -0.25) is 0 Å². The Kier molecular flexibility index (Phi) is 3.17. The molecule has 0 unspecified atom stereocenters. The third-order valence-corrected chi connectivity index (χ3v) is 1.68. The van der Waals surface area contributed by atoms with Gasteiger partial charge >= 0.3 is 0 Å². The summed E-state index contributed by atoms with van der Waals surface area (Å²) in [6.07, 6.45) is 0. The first-order valence-corrected chi connectivity index (χ1v) is 4.40. The number of nitrogen functional groups attached to an aromatic ring is 1. The minimum atomic E-state index is 0.726. The highest BCUT2D eigenvalue weighted by Gasteiger charge is 1.90. The number of hydrogen-bond donors (Lipinski definition) is 2. The Bertz CT molecular complexity index is 266. The Morgan fingerprint density at radius 1 is 1.42 bits per heavy atom. The number of rotatable bonds is 3. The van der Waals surface area contributed by atoms with Crippen molar-refractivity contribution in [3.8, 4) is 0 Å². The lowest BCUT2D eigenvalue weighted by Crippen LogP contribution is -2.00. The van der Waals surface area contributed by atoms with Crippen LogP contribution in [0.4, 0.5) is 11.4 Å². The van der Waals surface area contributed by atoms with E-state index in [2.05, 4.69) is 27.8 Å². The molecule has 0 bridgehead atoms. The van der Waals surface area contributed by atoms with Gasteiger partial charge in [0.05, 0.1) is 0 Å². The van der Waals surface area contributed by atoms with Gasteiger partial charge in [0, 0.05) is 22.4 Å². The Balaban J connectivity index is 2.53. The van der Waals surface area contributed by atoms with Gasteiger partial charge in [0.1, 0.15) is 0 Å². The lowest BCUT2D eigenvalue weighted by Gasteiger charge is -2.04. The van der Waals surface area contributed by atoms with E-state index < -0.39 is 0 Å². The van der Waals surface area contributed by atoms with Crippen LogP contribution in [0.25, 0.3) is 0 Å². The van der Waals surface area contributed by atoms with Crippen LogP contribution in [0.15, 0.2) is 35.3 Å². The summed E-state index contributed by atoms with van der Waals surface area (Å²) >= 11 is 3.26. The smallest absolute Gasteiger partial charge is 0.0460 e. The van der Waals surface area contributed by atoms with E-state index in [-0.39, 0.29) is 0 Å². The van der Waals surface area contributed by atoms with E-state index in [1.807, 2.05) is 24.3 Å². The third kappa shape index (κ3) is 2.96. The van der Waals surface area contributed by atoms with Gasteiger partial charge in [-0.1, -0.05) is 22.5 Å².